The van der Waals surface area contributed by atoms with Crippen LogP contribution < -0.4 is 5.32 Å². The van der Waals surface area contributed by atoms with Gasteiger partial charge in [-0.2, -0.15) is 0 Å². The van der Waals surface area contributed by atoms with Crippen LogP contribution in [0.1, 0.15) is 56.6 Å². The lowest BCUT2D eigenvalue weighted by atomic mass is 10.1. The molecule has 3 heteroatoms. The van der Waals surface area contributed by atoms with Crippen molar-refractivity contribution in [1.29, 1.82) is 0 Å². The molecule has 19 heavy (non-hydrogen) atoms. The second-order valence-corrected chi connectivity index (χ2v) is 5.58. The van der Waals surface area contributed by atoms with Crippen molar-refractivity contribution in [2.75, 3.05) is 13.1 Å². The molecule has 0 amide bonds. The van der Waals surface area contributed by atoms with E-state index in [-0.39, 0.29) is 0 Å². The molecular formula is C16H28N2O. The normalized spacial score (nSPS) is 16.6. The Morgan fingerprint density at radius 3 is 2.68 bits per heavy atom. The number of aryl methyl sites for hydroxylation is 1. The van der Waals surface area contributed by atoms with Crippen LogP contribution in [0.2, 0.25) is 0 Å². The topological polar surface area (TPSA) is 28.4 Å². The third-order valence-corrected chi connectivity index (χ3v) is 4.24. The Labute approximate surface area is 117 Å². The minimum Gasteiger partial charge on any atom is -0.465 e. The molecule has 3 nitrogen and oxygen atoms in total. The van der Waals surface area contributed by atoms with Crippen LogP contribution in [0.4, 0.5) is 0 Å². The lowest BCUT2D eigenvalue weighted by molar-refractivity contribution is 0.199. The van der Waals surface area contributed by atoms with Crippen molar-refractivity contribution in [2.45, 2.75) is 65.6 Å². The highest BCUT2D eigenvalue weighted by molar-refractivity contribution is 5.21. The van der Waals surface area contributed by atoms with E-state index in [1.54, 1.807) is 0 Å². The predicted molar refractivity (Wildman–Crippen MR) is 79.2 cm³/mol. The van der Waals surface area contributed by atoms with E-state index < -0.39 is 0 Å². The molecular weight excluding hydrogens is 236 g/mol. The Kier molecular flexibility index (Phi) is 5.46. The number of hydrogen-bond donors (Lipinski definition) is 1. The van der Waals surface area contributed by atoms with Gasteiger partial charge in [0.25, 0.3) is 0 Å². The molecule has 0 atom stereocenters. The van der Waals surface area contributed by atoms with Crippen molar-refractivity contribution in [3.05, 3.63) is 23.2 Å². The Morgan fingerprint density at radius 2 is 2.05 bits per heavy atom. The van der Waals surface area contributed by atoms with Gasteiger partial charge in [0.1, 0.15) is 11.5 Å². The molecule has 1 aliphatic rings. The fourth-order valence-corrected chi connectivity index (χ4v) is 3.07. The zero-order valence-electron chi connectivity index (χ0n) is 12.7. The monoisotopic (exact) mass is 264 g/mol. The number of nitrogens with one attached hydrogen (secondary N) is 1. The Morgan fingerprint density at radius 1 is 1.32 bits per heavy atom. The number of nitrogens with zero attached hydrogens (tertiary/aromatic N) is 1. The molecule has 1 aromatic rings. The molecule has 0 spiro atoms. The molecule has 1 N–H and O–H groups in total. The third-order valence-electron chi connectivity index (χ3n) is 4.24. The summed E-state index contributed by atoms with van der Waals surface area (Å²) in [5, 5.41) is 3.32. The van der Waals surface area contributed by atoms with Gasteiger partial charge < -0.3 is 9.73 Å². The van der Waals surface area contributed by atoms with E-state index in [0.29, 0.717) is 0 Å². The second-order valence-electron chi connectivity index (χ2n) is 5.58. The molecule has 0 saturated heterocycles. The maximum absolute atomic E-state index is 5.84. The van der Waals surface area contributed by atoms with Gasteiger partial charge >= 0.3 is 0 Å². The third kappa shape index (κ3) is 3.83. The van der Waals surface area contributed by atoms with E-state index in [0.717, 1.165) is 43.7 Å². The molecule has 0 bridgehead atoms. The molecule has 0 unspecified atom stereocenters. The van der Waals surface area contributed by atoms with Crippen molar-refractivity contribution in [3.8, 4) is 0 Å². The summed E-state index contributed by atoms with van der Waals surface area (Å²) in [4.78, 5) is 2.61. The Bertz CT molecular complexity index is 380. The first-order chi connectivity index (χ1) is 9.24. The molecule has 1 heterocycles. The summed E-state index contributed by atoms with van der Waals surface area (Å²) in [7, 11) is 0. The molecule has 2 rings (SSSR count). The van der Waals surface area contributed by atoms with Crippen LogP contribution in [-0.2, 0) is 13.1 Å². The number of hydrogen-bond acceptors (Lipinski definition) is 3. The molecule has 1 aliphatic carbocycles. The predicted octanol–water partition coefficient (Wildman–Crippen LogP) is 3.46. The van der Waals surface area contributed by atoms with Crippen molar-refractivity contribution < 1.29 is 4.42 Å². The van der Waals surface area contributed by atoms with Gasteiger partial charge in [0.15, 0.2) is 0 Å². The SMILES string of the molecule is CCNCc1cc(CN(CC)C2CCCC2)c(C)o1. The highest BCUT2D eigenvalue weighted by Crippen LogP contribution is 2.26. The van der Waals surface area contributed by atoms with Gasteiger partial charge in [-0.3, -0.25) is 4.90 Å². The summed E-state index contributed by atoms with van der Waals surface area (Å²) in [5.74, 6) is 2.15. The van der Waals surface area contributed by atoms with E-state index in [9.17, 15) is 0 Å². The van der Waals surface area contributed by atoms with Crippen molar-refractivity contribution >= 4 is 0 Å². The van der Waals surface area contributed by atoms with Crippen molar-refractivity contribution in [1.82, 2.24) is 10.2 Å². The van der Waals surface area contributed by atoms with E-state index >= 15 is 0 Å². The first-order valence-corrected chi connectivity index (χ1v) is 7.77. The smallest absolute Gasteiger partial charge is 0.118 e. The van der Waals surface area contributed by atoms with Crippen molar-refractivity contribution in [3.63, 3.8) is 0 Å². The van der Waals surface area contributed by atoms with Gasteiger partial charge in [-0.25, -0.2) is 0 Å². The molecule has 0 radical (unpaired) electrons. The molecule has 1 fully saturated rings. The maximum atomic E-state index is 5.84. The average molecular weight is 264 g/mol. The largest absolute Gasteiger partial charge is 0.465 e. The summed E-state index contributed by atoms with van der Waals surface area (Å²) in [5.41, 5.74) is 1.36. The molecule has 1 aromatic heterocycles. The zero-order valence-corrected chi connectivity index (χ0v) is 12.7. The van der Waals surface area contributed by atoms with Crippen LogP contribution in [0.5, 0.6) is 0 Å². The highest BCUT2D eigenvalue weighted by atomic mass is 16.3. The quantitative estimate of drug-likeness (QED) is 0.817. The van der Waals surface area contributed by atoms with Gasteiger partial charge in [0.05, 0.1) is 6.54 Å². The van der Waals surface area contributed by atoms with Gasteiger partial charge in [-0.15, -0.1) is 0 Å². The summed E-state index contributed by atoms with van der Waals surface area (Å²) in [6.07, 6.45) is 5.54. The first kappa shape index (κ1) is 14.6. The highest BCUT2D eigenvalue weighted by Gasteiger charge is 2.22. The second kappa shape index (κ2) is 7.11. The number of furan rings is 1. The Balaban J connectivity index is 1.98. The minimum atomic E-state index is 0.788. The van der Waals surface area contributed by atoms with Crippen LogP contribution in [0.3, 0.4) is 0 Å². The standard InChI is InChI=1S/C16H28N2O/c1-4-17-11-16-10-14(13(3)19-16)12-18(5-2)15-8-6-7-9-15/h10,15,17H,4-9,11-12H2,1-3H3. The summed E-state index contributed by atoms with van der Waals surface area (Å²) in [6.45, 7) is 10.5. The fourth-order valence-electron chi connectivity index (χ4n) is 3.07. The van der Waals surface area contributed by atoms with Gasteiger partial charge in [-0.1, -0.05) is 26.7 Å². The van der Waals surface area contributed by atoms with Crippen LogP contribution in [0.25, 0.3) is 0 Å². The molecule has 0 aromatic carbocycles. The maximum Gasteiger partial charge on any atom is 0.118 e. The molecule has 108 valence electrons. The van der Waals surface area contributed by atoms with Crippen molar-refractivity contribution in [2.24, 2.45) is 0 Å². The minimum absolute atomic E-state index is 0.788. The molecule has 1 saturated carbocycles. The van der Waals surface area contributed by atoms with Crippen LogP contribution in [0.15, 0.2) is 10.5 Å². The van der Waals surface area contributed by atoms with E-state index in [2.05, 4.69) is 37.1 Å². The van der Waals surface area contributed by atoms with Crippen LogP contribution >= 0.6 is 0 Å². The molecule has 0 aliphatic heterocycles. The lowest BCUT2D eigenvalue weighted by Gasteiger charge is -2.27. The fraction of sp³-hybridized carbons (Fsp3) is 0.750. The van der Waals surface area contributed by atoms with Gasteiger partial charge in [-0.05, 0) is 38.9 Å². The lowest BCUT2D eigenvalue weighted by Crippen LogP contribution is -2.32. The zero-order chi connectivity index (χ0) is 13.7. The van der Waals surface area contributed by atoms with Crippen LogP contribution in [-0.4, -0.2) is 24.0 Å². The Hall–Kier alpha value is -0.800. The number of rotatable bonds is 7. The summed E-state index contributed by atoms with van der Waals surface area (Å²) >= 11 is 0. The average Bonchev–Trinajstić information content (AvgIpc) is 3.04. The summed E-state index contributed by atoms with van der Waals surface area (Å²) in [6, 6.07) is 3.02. The van der Waals surface area contributed by atoms with Gasteiger partial charge in [0.2, 0.25) is 0 Å². The van der Waals surface area contributed by atoms with E-state index in [4.69, 9.17) is 4.42 Å². The summed E-state index contributed by atoms with van der Waals surface area (Å²) < 4.78 is 5.84. The van der Waals surface area contributed by atoms with Gasteiger partial charge in [0, 0.05) is 18.2 Å². The first-order valence-electron chi connectivity index (χ1n) is 7.77. The van der Waals surface area contributed by atoms with E-state index in [1.165, 1.54) is 31.2 Å². The van der Waals surface area contributed by atoms with E-state index in [1.807, 2.05) is 0 Å². The van der Waals surface area contributed by atoms with Crippen LogP contribution in [0, 0.1) is 6.92 Å².